The van der Waals surface area contributed by atoms with Gasteiger partial charge in [0.1, 0.15) is 24.2 Å². The molecule has 1 aliphatic heterocycles. The van der Waals surface area contributed by atoms with E-state index in [1.54, 1.807) is 65.2 Å². The lowest BCUT2D eigenvalue weighted by atomic mass is 9.85. The van der Waals surface area contributed by atoms with Crippen LogP contribution in [0, 0.1) is 11.3 Å². The van der Waals surface area contributed by atoms with E-state index in [9.17, 15) is 33.6 Å². The Balaban J connectivity index is 2.24. The van der Waals surface area contributed by atoms with Crippen LogP contribution < -0.4 is 21.3 Å². The summed E-state index contributed by atoms with van der Waals surface area (Å²) in [5, 5.41) is 10.1. The van der Waals surface area contributed by atoms with Crippen molar-refractivity contribution in [3.63, 3.8) is 0 Å². The van der Waals surface area contributed by atoms with Crippen LogP contribution in [0.4, 0.5) is 4.79 Å². The summed E-state index contributed by atoms with van der Waals surface area (Å²) in [6, 6.07) is 3.95. The minimum absolute atomic E-state index is 0.0272. The maximum absolute atomic E-state index is 14.2. The van der Waals surface area contributed by atoms with Crippen molar-refractivity contribution in [1.29, 1.82) is 0 Å². The number of ether oxygens (including phenoxy) is 2. The van der Waals surface area contributed by atoms with Gasteiger partial charge in [0.25, 0.3) is 5.91 Å². The Kier molecular flexibility index (Phi) is 16.2. The van der Waals surface area contributed by atoms with E-state index in [-0.39, 0.29) is 31.9 Å². The zero-order chi connectivity index (χ0) is 40.3. The molecule has 1 aromatic carbocycles. The SMILES string of the molecule is C=CCC(NC(=O)[C@@H]1C[C@@H](OC(C)(C)C)CN1C(=O)[C@@H](NC(=O)OCC(C)C)C(C)(C)C)C(=O)C(=O)NCC(=O)N[C@H](C(=O)N(C)C)c1ccccc1. The van der Waals surface area contributed by atoms with E-state index in [4.69, 9.17) is 9.47 Å². The van der Waals surface area contributed by atoms with Gasteiger partial charge < -0.3 is 40.5 Å². The van der Waals surface area contributed by atoms with Gasteiger partial charge in [0, 0.05) is 27.1 Å². The van der Waals surface area contributed by atoms with Gasteiger partial charge >= 0.3 is 6.09 Å². The molecule has 4 N–H and O–H groups in total. The molecule has 0 aromatic heterocycles. The van der Waals surface area contributed by atoms with Gasteiger partial charge in [-0.2, -0.15) is 0 Å². The van der Waals surface area contributed by atoms with Crippen LogP contribution >= 0.6 is 0 Å². The molecule has 0 radical (unpaired) electrons. The maximum Gasteiger partial charge on any atom is 0.407 e. The van der Waals surface area contributed by atoms with E-state index in [0.717, 1.165) is 0 Å². The molecule has 15 heteroatoms. The fourth-order valence-corrected chi connectivity index (χ4v) is 5.57. The second-order valence-electron chi connectivity index (χ2n) is 15.8. The molecule has 1 unspecified atom stereocenters. The molecule has 53 heavy (non-hydrogen) atoms. The lowest BCUT2D eigenvalue weighted by molar-refractivity contribution is -0.144. The summed E-state index contributed by atoms with van der Waals surface area (Å²) in [6.45, 7) is 17.8. The van der Waals surface area contributed by atoms with Crippen molar-refractivity contribution in [2.75, 3.05) is 33.8 Å². The normalized spacial score (nSPS) is 17.5. The lowest BCUT2D eigenvalue weighted by Gasteiger charge is -2.35. The first-order valence-corrected chi connectivity index (χ1v) is 17.8. The first-order valence-electron chi connectivity index (χ1n) is 17.8. The molecule has 0 bridgehead atoms. The summed E-state index contributed by atoms with van der Waals surface area (Å²) in [7, 11) is 3.09. The van der Waals surface area contributed by atoms with Gasteiger partial charge in [-0.3, -0.25) is 28.8 Å². The Hall–Kier alpha value is -4.79. The molecule has 294 valence electrons. The fraction of sp³-hybridized carbons (Fsp3) is 0.605. The molecule has 0 aliphatic carbocycles. The largest absolute Gasteiger partial charge is 0.449 e. The predicted molar refractivity (Wildman–Crippen MR) is 198 cm³/mol. The monoisotopic (exact) mass is 742 g/mol. The number of ketones is 1. The minimum atomic E-state index is -1.38. The average Bonchev–Trinajstić information content (AvgIpc) is 3.48. The predicted octanol–water partition coefficient (Wildman–Crippen LogP) is 2.26. The maximum atomic E-state index is 14.2. The quantitative estimate of drug-likeness (QED) is 0.145. The van der Waals surface area contributed by atoms with Crippen LogP contribution in [0.15, 0.2) is 43.0 Å². The number of alkyl carbamates (subject to hydrolysis) is 1. The highest BCUT2D eigenvalue weighted by Gasteiger charge is 2.47. The van der Waals surface area contributed by atoms with Gasteiger partial charge in [-0.05, 0) is 44.1 Å². The number of carbonyl (C=O) groups is 7. The third-order valence-corrected chi connectivity index (χ3v) is 8.09. The number of hydrogen-bond donors (Lipinski definition) is 4. The number of benzene rings is 1. The summed E-state index contributed by atoms with van der Waals surface area (Å²) < 4.78 is 11.4. The topological polar surface area (TPSA) is 193 Å². The first kappa shape index (κ1) is 44.4. The number of nitrogens with one attached hydrogen (secondary N) is 4. The van der Waals surface area contributed by atoms with E-state index in [1.165, 1.54) is 15.9 Å². The van der Waals surface area contributed by atoms with E-state index in [1.807, 2.05) is 34.6 Å². The average molecular weight is 743 g/mol. The van der Waals surface area contributed by atoms with E-state index >= 15 is 0 Å². The van der Waals surface area contributed by atoms with Crippen LogP contribution in [0.5, 0.6) is 0 Å². The molecule has 1 aliphatic rings. The number of Topliss-reactive ketones (excluding diaryl/α,β-unsaturated/α-hetero) is 1. The molecule has 1 heterocycles. The van der Waals surface area contributed by atoms with Crippen molar-refractivity contribution in [2.24, 2.45) is 11.3 Å². The second-order valence-corrected chi connectivity index (χ2v) is 15.8. The molecular formula is C38H58N6O9. The van der Waals surface area contributed by atoms with Gasteiger partial charge in [-0.25, -0.2) is 4.79 Å². The molecule has 1 saturated heterocycles. The van der Waals surface area contributed by atoms with E-state index in [2.05, 4.69) is 27.8 Å². The van der Waals surface area contributed by atoms with Crippen molar-refractivity contribution < 1.29 is 43.0 Å². The minimum Gasteiger partial charge on any atom is -0.449 e. The van der Waals surface area contributed by atoms with Gasteiger partial charge in [0.05, 0.1) is 24.9 Å². The summed E-state index contributed by atoms with van der Waals surface area (Å²) in [4.78, 5) is 95.4. The van der Waals surface area contributed by atoms with Crippen LogP contribution in [-0.2, 0) is 38.2 Å². The molecule has 1 fully saturated rings. The highest BCUT2D eigenvalue weighted by Crippen LogP contribution is 2.29. The second kappa shape index (κ2) is 19.3. The number of likely N-dealkylation sites (tertiary alicyclic amines) is 1. The van der Waals surface area contributed by atoms with Gasteiger partial charge in [-0.1, -0.05) is 71.0 Å². The Labute approximate surface area is 312 Å². The Morgan fingerprint density at radius 1 is 0.962 bits per heavy atom. The molecule has 5 atom stereocenters. The number of nitrogens with zero attached hydrogens (tertiary/aromatic N) is 2. The summed E-state index contributed by atoms with van der Waals surface area (Å²) in [5.41, 5.74) is -0.870. The first-order chi connectivity index (χ1) is 24.5. The summed E-state index contributed by atoms with van der Waals surface area (Å²) >= 11 is 0. The number of rotatable bonds is 16. The Bertz CT molecular complexity index is 1480. The van der Waals surface area contributed by atoms with Crippen LogP contribution in [0.25, 0.3) is 0 Å². The van der Waals surface area contributed by atoms with Gasteiger partial charge in [-0.15, -0.1) is 6.58 Å². The summed E-state index contributed by atoms with van der Waals surface area (Å²) in [6.07, 6.45) is -0.0257. The van der Waals surface area contributed by atoms with Crippen LogP contribution in [0.2, 0.25) is 0 Å². The fourth-order valence-electron chi connectivity index (χ4n) is 5.57. The van der Waals surface area contributed by atoms with Crippen molar-refractivity contribution in [1.82, 2.24) is 31.1 Å². The number of likely N-dealkylation sites (N-methyl/N-ethyl adjacent to an activating group) is 1. The van der Waals surface area contributed by atoms with Crippen molar-refractivity contribution in [3.05, 3.63) is 48.6 Å². The number of amides is 6. The Morgan fingerprint density at radius 2 is 1.58 bits per heavy atom. The van der Waals surface area contributed by atoms with Crippen molar-refractivity contribution in [2.45, 2.75) is 104 Å². The number of carbonyl (C=O) groups excluding carboxylic acids is 7. The zero-order valence-corrected chi connectivity index (χ0v) is 32.7. The molecule has 1 aromatic rings. The summed E-state index contributed by atoms with van der Waals surface area (Å²) in [5.74, 6) is -4.50. The van der Waals surface area contributed by atoms with Crippen LogP contribution in [0.1, 0.15) is 79.8 Å². The van der Waals surface area contributed by atoms with Crippen molar-refractivity contribution in [3.8, 4) is 0 Å². The van der Waals surface area contributed by atoms with Crippen molar-refractivity contribution >= 4 is 41.4 Å². The highest BCUT2D eigenvalue weighted by atomic mass is 16.5. The molecule has 0 spiro atoms. The van der Waals surface area contributed by atoms with Gasteiger partial charge in [0.2, 0.25) is 29.4 Å². The molecule has 2 rings (SSSR count). The third kappa shape index (κ3) is 13.9. The molecule has 0 saturated carbocycles. The van der Waals surface area contributed by atoms with E-state index < -0.39 is 89.2 Å². The standard InChI is InChI=1S/C38H58N6O9/c1-12-16-26(30(46)33(48)39-20-28(45)41-29(34(49)43(10)11)24-17-14-13-15-18-24)40-32(47)27-19-25(53-38(7,8)9)21-44(27)35(50)31(37(4,5)6)42-36(51)52-22-23(2)3/h12-15,17-18,23,25-27,29,31H,1,16,19-22H2,2-11H3,(H,39,48)(H,40,47)(H,41,45)(H,42,51)/t25-,26?,27+,29+,31-/m1/s1. The number of hydrogen-bond acceptors (Lipinski definition) is 9. The lowest BCUT2D eigenvalue weighted by Crippen LogP contribution is -2.59. The van der Waals surface area contributed by atoms with E-state index in [0.29, 0.717) is 5.56 Å². The smallest absolute Gasteiger partial charge is 0.407 e. The Morgan fingerprint density at radius 3 is 2.11 bits per heavy atom. The van der Waals surface area contributed by atoms with Gasteiger partial charge in [0.15, 0.2) is 0 Å². The van der Waals surface area contributed by atoms with Crippen LogP contribution in [-0.4, -0.2) is 115 Å². The molecular weight excluding hydrogens is 684 g/mol. The molecule has 15 nitrogen and oxygen atoms in total. The van der Waals surface area contributed by atoms with Crippen LogP contribution in [0.3, 0.4) is 0 Å². The zero-order valence-electron chi connectivity index (χ0n) is 32.7. The highest BCUT2D eigenvalue weighted by molar-refractivity contribution is 6.38. The molecule has 6 amide bonds. The third-order valence-electron chi connectivity index (χ3n) is 8.09.